The van der Waals surface area contributed by atoms with Gasteiger partial charge in [0.1, 0.15) is 12.4 Å². The highest BCUT2D eigenvalue weighted by Gasteiger charge is 2.01. The fourth-order valence-electron chi connectivity index (χ4n) is 2.81. The monoisotopic (exact) mass is 561 g/mol. The van der Waals surface area contributed by atoms with E-state index in [1.165, 1.54) is 0 Å². The first-order valence-corrected chi connectivity index (χ1v) is 13.5. The fourth-order valence-corrected chi connectivity index (χ4v) is 2.81. The van der Waals surface area contributed by atoms with Gasteiger partial charge < -0.3 is 53.1 Å². The Bertz CT molecular complexity index is 664. The molecule has 12 heteroatoms. The Morgan fingerprint density at radius 1 is 0.538 bits per heavy atom. The molecule has 0 bridgehead atoms. The molecular formula is C27H47NO11. The predicted octanol–water partition coefficient (Wildman–Crippen LogP) is 1.73. The van der Waals surface area contributed by atoms with Gasteiger partial charge >= 0.3 is 5.97 Å². The first-order valence-electron chi connectivity index (χ1n) is 13.5. The molecule has 1 aromatic rings. The van der Waals surface area contributed by atoms with Gasteiger partial charge in [0, 0.05) is 5.69 Å². The Morgan fingerprint density at radius 3 is 1.23 bits per heavy atom. The van der Waals surface area contributed by atoms with Gasteiger partial charge in [-0.05, 0) is 31.2 Å². The van der Waals surface area contributed by atoms with E-state index in [2.05, 4.69) is 0 Å². The van der Waals surface area contributed by atoms with Crippen molar-refractivity contribution in [3.63, 3.8) is 0 Å². The van der Waals surface area contributed by atoms with Crippen LogP contribution in [0.5, 0.6) is 5.75 Å². The van der Waals surface area contributed by atoms with Crippen LogP contribution >= 0.6 is 0 Å². The third-order valence-electron chi connectivity index (χ3n) is 4.74. The van der Waals surface area contributed by atoms with Crippen LogP contribution in [0, 0.1) is 0 Å². The molecule has 0 aliphatic rings. The Balaban J connectivity index is 1.65. The number of carbonyl (C=O) groups excluding carboxylic acids is 1. The third-order valence-corrected chi connectivity index (χ3v) is 4.74. The van der Waals surface area contributed by atoms with Crippen molar-refractivity contribution in [1.29, 1.82) is 0 Å². The summed E-state index contributed by atoms with van der Waals surface area (Å²) < 4.78 is 53.7. The van der Waals surface area contributed by atoms with Crippen LogP contribution in [0.1, 0.15) is 13.3 Å². The second-order valence-electron chi connectivity index (χ2n) is 7.87. The highest BCUT2D eigenvalue weighted by molar-refractivity contribution is 5.69. The maximum atomic E-state index is 11.1. The normalized spacial score (nSPS) is 11.1. The lowest BCUT2D eigenvalue weighted by atomic mass is 10.3. The number of anilines is 1. The number of hydrogen-bond acceptors (Lipinski definition) is 12. The SMILES string of the molecule is CCOC(=O)CCOCCOCCOCCOCCOCCOCCOCCOCCOc1ccc(N)cc1. The summed E-state index contributed by atoms with van der Waals surface area (Å²) in [6.45, 7) is 10.3. The fraction of sp³-hybridized carbons (Fsp3) is 0.741. The van der Waals surface area contributed by atoms with Crippen LogP contribution in [0.3, 0.4) is 0 Å². The molecule has 39 heavy (non-hydrogen) atoms. The van der Waals surface area contributed by atoms with Crippen molar-refractivity contribution in [3.8, 4) is 5.75 Å². The molecule has 0 heterocycles. The van der Waals surface area contributed by atoms with Crippen LogP contribution < -0.4 is 10.5 Å². The molecule has 0 aromatic heterocycles. The Morgan fingerprint density at radius 2 is 0.872 bits per heavy atom. The number of carbonyl (C=O) groups is 1. The Labute approximate surface area is 232 Å². The molecule has 0 fully saturated rings. The van der Waals surface area contributed by atoms with E-state index in [1.54, 1.807) is 19.1 Å². The largest absolute Gasteiger partial charge is 0.491 e. The quantitative estimate of drug-likeness (QED) is 0.0867. The smallest absolute Gasteiger partial charge is 0.308 e. The van der Waals surface area contributed by atoms with E-state index in [1.807, 2.05) is 12.1 Å². The number of hydrogen-bond donors (Lipinski definition) is 1. The van der Waals surface area contributed by atoms with Crippen molar-refractivity contribution in [2.45, 2.75) is 13.3 Å². The average Bonchev–Trinajstić information content (AvgIpc) is 2.93. The van der Waals surface area contributed by atoms with Gasteiger partial charge in [0.25, 0.3) is 0 Å². The summed E-state index contributed by atoms with van der Waals surface area (Å²) in [4.78, 5) is 11.1. The average molecular weight is 562 g/mol. The van der Waals surface area contributed by atoms with Crippen LogP contribution in [-0.4, -0.2) is 125 Å². The molecule has 0 aliphatic carbocycles. The first-order chi connectivity index (χ1) is 19.2. The van der Waals surface area contributed by atoms with Gasteiger partial charge in [0.2, 0.25) is 0 Å². The molecule has 1 aromatic carbocycles. The molecule has 2 N–H and O–H groups in total. The molecular weight excluding hydrogens is 514 g/mol. The molecule has 0 atom stereocenters. The second-order valence-corrected chi connectivity index (χ2v) is 7.87. The maximum absolute atomic E-state index is 11.1. The molecule has 12 nitrogen and oxygen atoms in total. The zero-order chi connectivity index (χ0) is 28.1. The van der Waals surface area contributed by atoms with E-state index in [0.717, 1.165) is 5.75 Å². The Kier molecular flexibility index (Phi) is 24.7. The van der Waals surface area contributed by atoms with Crippen molar-refractivity contribution in [3.05, 3.63) is 24.3 Å². The number of nitrogens with two attached hydrogens (primary N) is 1. The van der Waals surface area contributed by atoms with E-state index in [4.69, 9.17) is 53.1 Å². The molecule has 0 unspecified atom stereocenters. The van der Waals surface area contributed by atoms with Gasteiger partial charge in [-0.3, -0.25) is 4.79 Å². The molecule has 0 amide bonds. The second kappa shape index (κ2) is 27.5. The number of nitrogen functional groups attached to an aromatic ring is 1. The van der Waals surface area contributed by atoms with Crippen LogP contribution in [0.4, 0.5) is 5.69 Å². The van der Waals surface area contributed by atoms with Crippen LogP contribution in [0.25, 0.3) is 0 Å². The zero-order valence-corrected chi connectivity index (χ0v) is 23.3. The Hall–Kier alpha value is -2.03. The lowest BCUT2D eigenvalue weighted by molar-refractivity contribution is -0.144. The van der Waals surface area contributed by atoms with E-state index in [0.29, 0.717) is 125 Å². The van der Waals surface area contributed by atoms with Crippen molar-refractivity contribution in [1.82, 2.24) is 0 Å². The van der Waals surface area contributed by atoms with Gasteiger partial charge in [-0.15, -0.1) is 0 Å². The molecule has 0 saturated carbocycles. The minimum absolute atomic E-state index is 0.250. The minimum Gasteiger partial charge on any atom is -0.491 e. The summed E-state index contributed by atoms with van der Waals surface area (Å²) >= 11 is 0. The van der Waals surface area contributed by atoms with Crippen molar-refractivity contribution < 1.29 is 52.2 Å². The van der Waals surface area contributed by atoms with Crippen LogP contribution in [0.15, 0.2) is 24.3 Å². The van der Waals surface area contributed by atoms with E-state index in [-0.39, 0.29) is 12.4 Å². The van der Waals surface area contributed by atoms with Gasteiger partial charge in [0.05, 0.1) is 119 Å². The highest BCUT2D eigenvalue weighted by Crippen LogP contribution is 2.12. The molecule has 226 valence electrons. The lowest BCUT2D eigenvalue weighted by Crippen LogP contribution is -2.15. The topological polar surface area (TPSA) is 135 Å². The number of esters is 1. The van der Waals surface area contributed by atoms with Gasteiger partial charge in [0.15, 0.2) is 0 Å². The summed E-state index contributed by atoms with van der Waals surface area (Å²) in [5, 5.41) is 0. The summed E-state index contributed by atoms with van der Waals surface area (Å²) in [6, 6.07) is 7.25. The molecule has 0 aliphatic heterocycles. The van der Waals surface area contributed by atoms with Gasteiger partial charge in [-0.25, -0.2) is 0 Å². The van der Waals surface area contributed by atoms with Gasteiger partial charge in [-0.2, -0.15) is 0 Å². The number of rotatable bonds is 29. The van der Waals surface area contributed by atoms with Crippen LogP contribution in [-0.2, 0) is 47.4 Å². The first kappa shape index (κ1) is 35.0. The van der Waals surface area contributed by atoms with Crippen molar-refractivity contribution >= 4 is 11.7 Å². The zero-order valence-electron chi connectivity index (χ0n) is 23.3. The minimum atomic E-state index is -0.250. The third kappa shape index (κ3) is 24.7. The molecule has 0 radical (unpaired) electrons. The molecule has 0 saturated heterocycles. The van der Waals surface area contributed by atoms with Gasteiger partial charge in [-0.1, -0.05) is 0 Å². The summed E-state index contributed by atoms with van der Waals surface area (Å²) in [6.07, 6.45) is 0.258. The summed E-state index contributed by atoms with van der Waals surface area (Å²) in [7, 11) is 0. The summed E-state index contributed by atoms with van der Waals surface area (Å²) in [5.41, 5.74) is 6.34. The standard InChI is InChI=1S/C27H47NO11/c1-2-38-27(29)7-8-30-9-10-31-11-12-32-13-14-33-15-16-34-17-18-35-19-20-36-21-22-37-23-24-39-26-5-3-25(28)4-6-26/h3-6H,2,7-24,28H2,1H3. The van der Waals surface area contributed by atoms with E-state index >= 15 is 0 Å². The molecule has 0 spiro atoms. The maximum Gasteiger partial charge on any atom is 0.308 e. The lowest BCUT2D eigenvalue weighted by Gasteiger charge is -2.09. The summed E-state index contributed by atoms with van der Waals surface area (Å²) in [5.74, 6) is 0.519. The number of ether oxygens (including phenoxy) is 10. The van der Waals surface area contributed by atoms with Crippen LogP contribution in [0.2, 0.25) is 0 Å². The number of benzene rings is 1. The molecule has 1 rings (SSSR count). The van der Waals surface area contributed by atoms with Crippen molar-refractivity contribution in [2.75, 3.05) is 125 Å². The van der Waals surface area contributed by atoms with Crippen molar-refractivity contribution in [2.24, 2.45) is 0 Å². The predicted molar refractivity (Wildman–Crippen MR) is 144 cm³/mol. The van der Waals surface area contributed by atoms with E-state index in [9.17, 15) is 4.79 Å². The van der Waals surface area contributed by atoms with E-state index < -0.39 is 0 Å². The highest BCUT2D eigenvalue weighted by atomic mass is 16.6.